The second-order valence-electron chi connectivity index (χ2n) is 6.23. The molecule has 2 rings (SSSR count). The van der Waals surface area contributed by atoms with Crippen LogP contribution in [0.5, 0.6) is 5.75 Å². The molecule has 6 nitrogen and oxygen atoms in total. The van der Waals surface area contributed by atoms with Crippen molar-refractivity contribution in [3.63, 3.8) is 0 Å². The van der Waals surface area contributed by atoms with E-state index in [-0.39, 0.29) is 24.2 Å². The number of ether oxygens (including phenoxy) is 1. The van der Waals surface area contributed by atoms with Gasteiger partial charge in [0, 0.05) is 18.7 Å². The van der Waals surface area contributed by atoms with Gasteiger partial charge in [0.2, 0.25) is 0 Å². The second-order valence-corrected chi connectivity index (χ2v) is 6.23. The van der Waals surface area contributed by atoms with Crippen LogP contribution in [0.25, 0.3) is 0 Å². The molecule has 0 saturated heterocycles. The molecule has 140 valence electrons. The molecule has 0 aromatic heterocycles. The number of aliphatic hydroxyl groups excluding tert-OH is 2. The zero-order valence-electron chi connectivity index (χ0n) is 15.0. The molecule has 2 aromatic rings. The Kier molecular flexibility index (Phi) is 7.15. The van der Waals surface area contributed by atoms with Gasteiger partial charge in [-0.05, 0) is 41.3 Å². The largest absolute Gasteiger partial charge is 0.508 e. The van der Waals surface area contributed by atoms with E-state index in [9.17, 15) is 20.1 Å². The number of aromatic hydroxyl groups is 1. The van der Waals surface area contributed by atoms with E-state index in [0.29, 0.717) is 29.8 Å². The molecule has 0 bridgehead atoms. The molecule has 0 saturated carbocycles. The van der Waals surface area contributed by atoms with E-state index in [1.54, 1.807) is 24.3 Å². The Hall–Kier alpha value is -2.41. The Labute approximate surface area is 153 Å². The van der Waals surface area contributed by atoms with Crippen molar-refractivity contribution in [3.8, 4) is 5.75 Å². The summed E-state index contributed by atoms with van der Waals surface area (Å²) in [5, 5.41) is 32.2. The zero-order chi connectivity index (χ0) is 19.1. The number of methoxy groups -OCH3 is 1. The number of benzene rings is 2. The van der Waals surface area contributed by atoms with Crippen molar-refractivity contribution in [2.45, 2.75) is 25.6 Å². The third-order valence-electron chi connectivity index (χ3n) is 4.35. The summed E-state index contributed by atoms with van der Waals surface area (Å²) in [6, 6.07) is 12.0. The van der Waals surface area contributed by atoms with Crippen molar-refractivity contribution in [1.29, 1.82) is 0 Å². The minimum absolute atomic E-state index is 0.0143. The van der Waals surface area contributed by atoms with Crippen LogP contribution in [0.15, 0.2) is 42.5 Å². The number of carbonyl (C=O) groups excluding carboxylic acids is 1. The zero-order valence-corrected chi connectivity index (χ0v) is 15.0. The second kappa shape index (κ2) is 9.33. The molecule has 0 aliphatic rings. The molecule has 2 atom stereocenters. The fourth-order valence-corrected chi connectivity index (χ4v) is 2.68. The first-order valence-electron chi connectivity index (χ1n) is 8.46. The molecule has 4 N–H and O–H groups in total. The Bertz CT molecular complexity index is 729. The monoisotopic (exact) mass is 359 g/mol. The predicted molar refractivity (Wildman–Crippen MR) is 98.1 cm³/mol. The van der Waals surface area contributed by atoms with Gasteiger partial charge < -0.3 is 25.4 Å². The first-order chi connectivity index (χ1) is 12.5. The van der Waals surface area contributed by atoms with Gasteiger partial charge in [-0.2, -0.15) is 0 Å². The molecular weight excluding hydrogens is 334 g/mol. The molecule has 0 radical (unpaired) electrons. The van der Waals surface area contributed by atoms with Crippen molar-refractivity contribution in [3.05, 3.63) is 64.7 Å². The van der Waals surface area contributed by atoms with E-state index in [1.165, 1.54) is 13.2 Å². The maximum Gasteiger partial charge on any atom is 0.337 e. The predicted octanol–water partition coefficient (Wildman–Crippen LogP) is 2.10. The number of nitrogens with one attached hydrogen (secondary N) is 1. The highest BCUT2D eigenvalue weighted by atomic mass is 16.5. The molecule has 0 aliphatic heterocycles. The minimum atomic E-state index is -0.741. The molecule has 0 aliphatic carbocycles. The number of esters is 1. The highest BCUT2D eigenvalue weighted by Gasteiger charge is 2.12. The standard InChI is InChI=1S/C20H25NO5/c1-13(14-3-5-15(6-4-14)20(25)26-2)10-21-11-19(24)16-7-8-18(23)17(9-16)12-22/h3-9,13,19,21-24H,10-12H2,1-2H3. The molecule has 6 heteroatoms. The van der Waals surface area contributed by atoms with Gasteiger partial charge in [-0.1, -0.05) is 25.1 Å². The maximum atomic E-state index is 11.4. The van der Waals surface area contributed by atoms with Crippen LogP contribution in [0, 0.1) is 0 Å². The molecule has 0 amide bonds. The average molecular weight is 359 g/mol. The van der Waals surface area contributed by atoms with Crippen LogP contribution in [0.4, 0.5) is 0 Å². The van der Waals surface area contributed by atoms with Crippen molar-refractivity contribution in [1.82, 2.24) is 5.32 Å². The molecule has 0 heterocycles. The maximum absolute atomic E-state index is 11.4. The summed E-state index contributed by atoms with van der Waals surface area (Å²) in [6.07, 6.45) is -0.741. The van der Waals surface area contributed by atoms with Gasteiger partial charge in [-0.3, -0.25) is 0 Å². The third kappa shape index (κ3) is 5.05. The SMILES string of the molecule is COC(=O)c1ccc(C(C)CNCC(O)c2ccc(O)c(CO)c2)cc1. The summed E-state index contributed by atoms with van der Waals surface area (Å²) in [7, 11) is 1.35. The lowest BCUT2D eigenvalue weighted by Crippen LogP contribution is -2.25. The van der Waals surface area contributed by atoms with Gasteiger partial charge in [-0.25, -0.2) is 4.79 Å². The smallest absolute Gasteiger partial charge is 0.337 e. The fraction of sp³-hybridized carbons (Fsp3) is 0.350. The lowest BCUT2D eigenvalue weighted by atomic mass is 9.99. The number of carbonyl (C=O) groups is 1. The van der Waals surface area contributed by atoms with Crippen molar-refractivity contribution >= 4 is 5.97 Å². The number of hydrogen-bond donors (Lipinski definition) is 4. The average Bonchev–Trinajstić information content (AvgIpc) is 2.67. The first-order valence-corrected chi connectivity index (χ1v) is 8.46. The summed E-state index contributed by atoms with van der Waals surface area (Å²) in [4.78, 5) is 11.4. The third-order valence-corrected chi connectivity index (χ3v) is 4.35. The van der Waals surface area contributed by atoms with Crippen LogP contribution < -0.4 is 5.32 Å². The van der Waals surface area contributed by atoms with E-state index in [2.05, 4.69) is 17.0 Å². The van der Waals surface area contributed by atoms with Gasteiger partial charge in [-0.15, -0.1) is 0 Å². The molecule has 0 fully saturated rings. The Morgan fingerprint density at radius 1 is 1.12 bits per heavy atom. The van der Waals surface area contributed by atoms with Crippen molar-refractivity contribution in [2.24, 2.45) is 0 Å². The Morgan fingerprint density at radius 2 is 1.77 bits per heavy atom. The van der Waals surface area contributed by atoms with Crippen LogP contribution in [0.2, 0.25) is 0 Å². The summed E-state index contributed by atoms with van der Waals surface area (Å²) in [6.45, 7) is 2.77. The fourth-order valence-electron chi connectivity index (χ4n) is 2.68. The molecular formula is C20H25NO5. The van der Waals surface area contributed by atoms with Crippen molar-refractivity contribution < 1.29 is 24.9 Å². The van der Waals surface area contributed by atoms with E-state index in [1.807, 2.05) is 12.1 Å². The number of hydrogen-bond acceptors (Lipinski definition) is 6. The summed E-state index contributed by atoms with van der Waals surface area (Å²) < 4.78 is 4.68. The molecule has 2 unspecified atom stereocenters. The molecule has 2 aromatic carbocycles. The van der Waals surface area contributed by atoms with E-state index < -0.39 is 6.10 Å². The molecule has 0 spiro atoms. The normalized spacial score (nSPS) is 13.2. The van der Waals surface area contributed by atoms with Crippen LogP contribution in [0.3, 0.4) is 0 Å². The van der Waals surface area contributed by atoms with Crippen LogP contribution in [0.1, 0.15) is 46.0 Å². The summed E-state index contributed by atoms with van der Waals surface area (Å²) >= 11 is 0. The highest BCUT2D eigenvalue weighted by Crippen LogP contribution is 2.22. The van der Waals surface area contributed by atoms with Gasteiger partial charge >= 0.3 is 5.97 Å². The Balaban J connectivity index is 1.87. The van der Waals surface area contributed by atoms with E-state index >= 15 is 0 Å². The topological polar surface area (TPSA) is 99.0 Å². The Morgan fingerprint density at radius 3 is 2.38 bits per heavy atom. The van der Waals surface area contributed by atoms with Gasteiger partial charge in [0.1, 0.15) is 5.75 Å². The summed E-state index contributed by atoms with van der Waals surface area (Å²) in [5.74, 6) is -0.149. The van der Waals surface area contributed by atoms with E-state index in [4.69, 9.17) is 0 Å². The lowest BCUT2D eigenvalue weighted by Gasteiger charge is -2.17. The lowest BCUT2D eigenvalue weighted by molar-refractivity contribution is 0.0600. The number of rotatable bonds is 8. The van der Waals surface area contributed by atoms with Gasteiger partial charge in [0.15, 0.2) is 0 Å². The number of aliphatic hydroxyl groups is 2. The van der Waals surface area contributed by atoms with Crippen LogP contribution >= 0.6 is 0 Å². The van der Waals surface area contributed by atoms with Crippen LogP contribution in [-0.2, 0) is 11.3 Å². The van der Waals surface area contributed by atoms with Gasteiger partial charge in [0.05, 0.1) is 25.4 Å². The quantitative estimate of drug-likeness (QED) is 0.539. The number of phenols is 1. The highest BCUT2D eigenvalue weighted by molar-refractivity contribution is 5.89. The van der Waals surface area contributed by atoms with Gasteiger partial charge in [0.25, 0.3) is 0 Å². The minimum Gasteiger partial charge on any atom is -0.508 e. The van der Waals surface area contributed by atoms with Crippen LogP contribution in [-0.4, -0.2) is 41.5 Å². The van der Waals surface area contributed by atoms with Crippen molar-refractivity contribution in [2.75, 3.05) is 20.2 Å². The summed E-state index contributed by atoms with van der Waals surface area (Å²) in [5.41, 5.74) is 2.61. The molecule has 26 heavy (non-hydrogen) atoms. The van der Waals surface area contributed by atoms with E-state index in [0.717, 1.165) is 5.56 Å². The first kappa shape index (κ1) is 19.9.